The van der Waals surface area contributed by atoms with Crippen LogP contribution in [0.25, 0.3) is 5.69 Å². The predicted molar refractivity (Wildman–Crippen MR) is 69.7 cm³/mol. The third kappa shape index (κ3) is 2.59. The van der Waals surface area contributed by atoms with E-state index in [1.54, 1.807) is 0 Å². The Morgan fingerprint density at radius 2 is 1.82 bits per heavy atom. The first-order valence-corrected chi connectivity index (χ1v) is 6.03. The molecular formula is C14H14ClNO. The third-order valence-corrected chi connectivity index (χ3v) is 3.14. The number of halogens is 1. The van der Waals surface area contributed by atoms with Crippen LogP contribution in [0.5, 0.6) is 0 Å². The van der Waals surface area contributed by atoms with Crippen molar-refractivity contribution in [3.63, 3.8) is 0 Å². The molecule has 2 nitrogen and oxygen atoms in total. The first-order valence-electron chi connectivity index (χ1n) is 5.65. The molecule has 0 N–H and O–H groups in total. The minimum absolute atomic E-state index is 0.199. The lowest BCUT2D eigenvalue weighted by atomic mass is 9.98. The van der Waals surface area contributed by atoms with Crippen molar-refractivity contribution < 1.29 is 4.79 Å². The molecule has 0 fully saturated rings. The van der Waals surface area contributed by atoms with E-state index in [1.807, 2.05) is 60.3 Å². The number of nitrogens with zero attached hydrogens (tertiary/aromatic N) is 1. The number of hydrogen-bond donors (Lipinski definition) is 0. The molecule has 1 aromatic carbocycles. The maximum Gasteiger partial charge on any atom is 0.229 e. The van der Waals surface area contributed by atoms with Gasteiger partial charge in [-0.1, -0.05) is 19.1 Å². The van der Waals surface area contributed by atoms with E-state index in [9.17, 15) is 4.79 Å². The molecule has 0 aliphatic heterocycles. The van der Waals surface area contributed by atoms with Gasteiger partial charge in [0.15, 0.2) is 0 Å². The summed E-state index contributed by atoms with van der Waals surface area (Å²) in [5, 5.41) is -0.291. The molecule has 17 heavy (non-hydrogen) atoms. The molecular weight excluding hydrogens is 234 g/mol. The minimum Gasteiger partial charge on any atom is -0.324 e. The Morgan fingerprint density at radius 1 is 1.24 bits per heavy atom. The summed E-state index contributed by atoms with van der Waals surface area (Å²) >= 11 is 5.57. The standard InChI is InChI=1S/C14H14ClNO/c1-2-13(14(15)17)11-5-7-12(8-6-11)16-9-3-4-10-16/h3-10,13H,2H2,1H3. The van der Waals surface area contributed by atoms with Gasteiger partial charge in [0, 0.05) is 18.1 Å². The van der Waals surface area contributed by atoms with E-state index in [0.29, 0.717) is 0 Å². The maximum atomic E-state index is 11.2. The monoisotopic (exact) mass is 247 g/mol. The zero-order valence-electron chi connectivity index (χ0n) is 9.64. The van der Waals surface area contributed by atoms with E-state index in [2.05, 4.69) is 0 Å². The van der Waals surface area contributed by atoms with E-state index >= 15 is 0 Å². The van der Waals surface area contributed by atoms with E-state index in [0.717, 1.165) is 17.7 Å². The summed E-state index contributed by atoms with van der Waals surface area (Å²) in [5.74, 6) is -0.199. The molecule has 0 radical (unpaired) electrons. The quantitative estimate of drug-likeness (QED) is 0.755. The van der Waals surface area contributed by atoms with Crippen LogP contribution < -0.4 is 0 Å². The van der Waals surface area contributed by atoms with Crippen molar-refractivity contribution in [3.05, 3.63) is 54.4 Å². The fourth-order valence-electron chi connectivity index (χ4n) is 1.91. The highest BCUT2D eigenvalue weighted by Gasteiger charge is 2.15. The second-order valence-corrected chi connectivity index (χ2v) is 4.32. The molecule has 0 bridgehead atoms. The lowest BCUT2D eigenvalue weighted by molar-refractivity contribution is -0.113. The summed E-state index contributed by atoms with van der Waals surface area (Å²) in [4.78, 5) is 11.2. The van der Waals surface area contributed by atoms with Gasteiger partial charge in [-0.2, -0.15) is 0 Å². The molecule has 1 atom stereocenters. The van der Waals surface area contributed by atoms with Gasteiger partial charge in [0.1, 0.15) is 0 Å². The Bertz CT molecular complexity index is 487. The molecule has 0 aliphatic carbocycles. The Labute approximate surface area is 106 Å². The van der Waals surface area contributed by atoms with Gasteiger partial charge in [-0.3, -0.25) is 4.79 Å². The normalized spacial score (nSPS) is 12.4. The highest BCUT2D eigenvalue weighted by atomic mass is 35.5. The molecule has 1 unspecified atom stereocenters. The number of hydrogen-bond acceptors (Lipinski definition) is 1. The maximum absolute atomic E-state index is 11.2. The second kappa shape index (κ2) is 5.19. The SMILES string of the molecule is CCC(C(=O)Cl)c1ccc(-n2cccc2)cc1. The fraction of sp³-hybridized carbons (Fsp3) is 0.214. The van der Waals surface area contributed by atoms with Crippen molar-refractivity contribution in [2.24, 2.45) is 0 Å². The van der Waals surface area contributed by atoms with Gasteiger partial charge in [0.2, 0.25) is 5.24 Å². The van der Waals surface area contributed by atoms with Crippen molar-refractivity contribution in [2.45, 2.75) is 19.3 Å². The average Bonchev–Trinajstić information content (AvgIpc) is 2.84. The van der Waals surface area contributed by atoms with Crippen LogP contribution in [0.4, 0.5) is 0 Å². The van der Waals surface area contributed by atoms with E-state index in [4.69, 9.17) is 11.6 Å². The van der Waals surface area contributed by atoms with Crippen LogP contribution in [0.3, 0.4) is 0 Å². The third-order valence-electron chi connectivity index (χ3n) is 2.88. The number of carbonyl (C=O) groups excluding carboxylic acids is 1. The minimum atomic E-state index is -0.291. The predicted octanol–water partition coefficient (Wildman–Crippen LogP) is 3.74. The molecule has 0 saturated heterocycles. The van der Waals surface area contributed by atoms with Crippen LogP contribution in [0, 0.1) is 0 Å². The van der Waals surface area contributed by atoms with Crippen molar-refractivity contribution in [1.29, 1.82) is 0 Å². The molecule has 0 amide bonds. The van der Waals surface area contributed by atoms with Gasteiger partial charge >= 0.3 is 0 Å². The lowest BCUT2D eigenvalue weighted by Gasteiger charge is -2.11. The largest absolute Gasteiger partial charge is 0.324 e. The van der Waals surface area contributed by atoms with Crippen LogP contribution >= 0.6 is 11.6 Å². The summed E-state index contributed by atoms with van der Waals surface area (Å²) in [6, 6.07) is 11.9. The molecule has 0 spiro atoms. The molecule has 1 heterocycles. The Morgan fingerprint density at radius 3 is 2.29 bits per heavy atom. The molecule has 0 saturated carbocycles. The Kier molecular flexibility index (Phi) is 3.64. The summed E-state index contributed by atoms with van der Waals surface area (Å²) in [6.45, 7) is 1.96. The van der Waals surface area contributed by atoms with Crippen LogP contribution in [0.1, 0.15) is 24.8 Å². The van der Waals surface area contributed by atoms with E-state index in [-0.39, 0.29) is 11.2 Å². The molecule has 1 aromatic heterocycles. The van der Waals surface area contributed by atoms with Crippen molar-refractivity contribution in [3.8, 4) is 5.69 Å². The first kappa shape index (κ1) is 11.9. The highest BCUT2D eigenvalue weighted by molar-refractivity contribution is 6.64. The highest BCUT2D eigenvalue weighted by Crippen LogP contribution is 2.23. The summed E-state index contributed by atoms with van der Waals surface area (Å²) in [7, 11) is 0. The van der Waals surface area contributed by atoms with Gasteiger partial charge < -0.3 is 4.57 Å². The van der Waals surface area contributed by atoms with Gasteiger partial charge in [-0.25, -0.2) is 0 Å². The lowest BCUT2D eigenvalue weighted by Crippen LogP contribution is -2.05. The van der Waals surface area contributed by atoms with Gasteiger partial charge in [0.25, 0.3) is 0 Å². The molecule has 2 rings (SSSR count). The molecule has 0 aliphatic rings. The van der Waals surface area contributed by atoms with Gasteiger partial charge in [-0.15, -0.1) is 0 Å². The zero-order chi connectivity index (χ0) is 12.3. The summed E-state index contributed by atoms with van der Waals surface area (Å²) in [6.07, 6.45) is 4.70. The topological polar surface area (TPSA) is 22.0 Å². The average molecular weight is 248 g/mol. The van der Waals surface area contributed by atoms with Crippen molar-refractivity contribution >= 4 is 16.8 Å². The van der Waals surface area contributed by atoms with Gasteiger partial charge in [-0.05, 0) is 47.9 Å². The fourth-order valence-corrected chi connectivity index (χ4v) is 2.19. The van der Waals surface area contributed by atoms with Crippen LogP contribution in [-0.4, -0.2) is 9.81 Å². The number of carbonyl (C=O) groups is 1. The number of aromatic nitrogens is 1. The van der Waals surface area contributed by atoms with Crippen LogP contribution in [-0.2, 0) is 4.79 Å². The van der Waals surface area contributed by atoms with Crippen molar-refractivity contribution in [1.82, 2.24) is 4.57 Å². The first-order chi connectivity index (χ1) is 8.22. The van der Waals surface area contributed by atoms with Crippen LogP contribution in [0.15, 0.2) is 48.8 Å². The Hall–Kier alpha value is -1.54. The zero-order valence-corrected chi connectivity index (χ0v) is 10.4. The van der Waals surface area contributed by atoms with E-state index in [1.165, 1.54) is 0 Å². The summed E-state index contributed by atoms with van der Waals surface area (Å²) in [5.41, 5.74) is 2.05. The summed E-state index contributed by atoms with van der Waals surface area (Å²) < 4.78 is 2.02. The van der Waals surface area contributed by atoms with E-state index < -0.39 is 0 Å². The van der Waals surface area contributed by atoms with Crippen LogP contribution in [0.2, 0.25) is 0 Å². The molecule has 2 aromatic rings. The van der Waals surface area contributed by atoms with Crippen molar-refractivity contribution in [2.75, 3.05) is 0 Å². The number of rotatable bonds is 4. The number of benzene rings is 1. The molecule has 3 heteroatoms. The Balaban J connectivity index is 2.26. The smallest absolute Gasteiger partial charge is 0.229 e. The van der Waals surface area contributed by atoms with Gasteiger partial charge in [0.05, 0.1) is 5.92 Å². The molecule has 88 valence electrons. The second-order valence-electron chi connectivity index (χ2n) is 3.95.